The average Bonchev–Trinajstić information content (AvgIpc) is 2.95. The third-order valence-corrected chi connectivity index (χ3v) is 8.65. The number of aromatic nitrogens is 1. The first-order valence-electron chi connectivity index (χ1n) is 13.3. The summed E-state index contributed by atoms with van der Waals surface area (Å²) in [7, 11) is -3.61. The van der Waals surface area contributed by atoms with Gasteiger partial charge in [-0.2, -0.15) is 0 Å². The van der Waals surface area contributed by atoms with E-state index in [1.54, 1.807) is 43.5 Å². The van der Waals surface area contributed by atoms with E-state index in [-0.39, 0.29) is 23.1 Å². The first-order valence-corrected chi connectivity index (χ1v) is 15.3. The van der Waals surface area contributed by atoms with Gasteiger partial charge in [-0.15, -0.1) is 0 Å². The van der Waals surface area contributed by atoms with E-state index >= 15 is 0 Å². The second-order valence-electron chi connectivity index (χ2n) is 9.46. The predicted molar refractivity (Wildman–Crippen MR) is 165 cm³/mol. The largest absolute Gasteiger partial charge is 0.492 e. The molecule has 4 rings (SSSR count). The minimum atomic E-state index is -3.61. The molecule has 1 atom stereocenters. The number of nitrogens with one attached hydrogen (secondary N) is 3. The van der Waals surface area contributed by atoms with Gasteiger partial charge in [-0.05, 0) is 78.0 Å². The quantitative estimate of drug-likeness (QED) is 0.183. The van der Waals surface area contributed by atoms with Crippen LogP contribution in [0.4, 0.5) is 17.2 Å². The van der Waals surface area contributed by atoms with Crippen LogP contribution in [0.25, 0.3) is 10.8 Å². The van der Waals surface area contributed by atoms with Crippen LogP contribution in [0.15, 0.2) is 71.8 Å². The van der Waals surface area contributed by atoms with Crippen molar-refractivity contribution in [3.63, 3.8) is 0 Å². The Morgan fingerprint density at radius 3 is 2.50 bits per heavy atom. The molecule has 12 heteroatoms. The Labute approximate surface area is 249 Å². The zero-order chi connectivity index (χ0) is 30.4. The number of nitrogens with two attached hydrogens (primary N) is 1. The number of rotatable bonds is 11. The lowest BCUT2D eigenvalue weighted by Gasteiger charge is -2.22. The number of fused-ring (bicyclic) bond motifs is 1. The van der Waals surface area contributed by atoms with Gasteiger partial charge in [-0.25, -0.2) is 13.4 Å². The summed E-state index contributed by atoms with van der Waals surface area (Å²) in [4.78, 5) is 29.6. The first-order chi connectivity index (χ1) is 20.0. The first kappa shape index (κ1) is 30.6. The number of ether oxygens (including phenoxy) is 1. The standard InChI is InChI=1S/C30H32ClN5O5S/c1-4-41-26-16-20(6-10-25(26)31)28(36-23-7-9-24-19(14-23)12-13-33-29(24)32)30(38)34-17-21-15-22(35-18(3)37)8-11-27(21)42(39,40)5-2/h6-16,28,36H,4-5,17H2,1-3H3,(H2,32,33)(H,34,38)(H,35,37). The number of halogens is 1. The van der Waals surface area contributed by atoms with Crippen molar-refractivity contribution in [3.05, 3.63) is 83.0 Å². The summed E-state index contributed by atoms with van der Waals surface area (Å²) in [5.41, 5.74) is 7.98. The van der Waals surface area contributed by atoms with E-state index in [1.165, 1.54) is 19.1 Å². The second kappa shape index (κ2) is 13.1. The SMILES string of the molecule is CCOc1cc(C(Nc2ccc3c(N)nccc3c2)C(=O)NCc2cc(NC(C)=O)ccc2S(=O)(=O)CC)ccc1Cl. The van der Waals surface area contributed by atoms with Gasteiger partial charge in [0.2, 0.25) is 11.8 Å². The van der Waals surface area contributed by atoms with Gasteiger partial charge in [-0.3, -0.25) is 9.59 Å². The fraction of sp³-hybridized carbons (Fsp3) is 0.233. The molecule has 0 radical (unpaired) electrons. The Morgan fingerprint density at radius 2 is 1.79 bits per heavy atom. The highest BCUT2D eigenvalue weighted by Gasteiger charge is 2.24. The Balaban J connectivity index is 1.70. The molecule has 1 unspecified atom stereocenters. The van der Waals surface area contributed by atoms with E-state index < -0.39 is 21.8 Å². The molecule has 3 aromatic carbocycles. The maximum Gasteiger partial charge on any atom is 0.247 e. The molecule has 10 nitrogen and oxygen atoms in total. The fourth-order valence-corrected chi connectivity index (χ4v) is 5.75. The summed E-state index contributed by atoms with van der Waals surface area (Å²) in [6, 6.07) is 15.9. The number of carbonyl (C=O) groups is 2. The van der Waals surface area contributed by atoms with Crippen molar-refractivity contribution in [1.29, 1.82) is 0 Å². The van der Waals surface area contributed by atoms with Crippen LogP contribution in [0.3, 0.4) is 0 Å². The molecule has 2 amide bonds. The number of benzene rings is 3. The molecule has 0 spiro atoms. The Bertz CT molecular complexity index is 1750. The number of nitrogen functional groups attached to an aromatic ring is 1. The smallest absolute Gasteiger partial charge is 0.247 e. The maximum atomic E-state index is 13.8. The van der Waals surface area contributed by atoms with E-state index in [0.717, 1.165) is 10.8 Å². The summed E-state index contributed by atoms with van der Waals surface area (Å²) in [6.45, 7) is 5.01. The van der Waals surface area contributed by atoms with E-state index in [0.29, 0.717) is 45.7 Å². The Kier molecular flexibility index (Phi) is 9.54. The van der Waals surface area contributed by atoms with Crippen molar-refractivity contribution < 1.29 is 22.7 Å². The van der Waals surface area contributed by atoms with Gasteiger partial charge >= 0.3 is 0 Å². The molecule has 0 aliphatic heterocycles. The summed E-state index contributed by atoms with van der Waals surface area (Å²) in [6.07, 6.45) is 1.61. The second-order valence-corrected chi connectivity index (χ2v) is 12.1. The number of nitrogens with zero attached hydrogens (tertiary/aromatic N) is 1. The third kappa shape index (κ3) is 7.10. The van der Waals surface area contributed by atoms with E-state index in [2.05, 4.69) is 20.9 Å². The van der Waals surface area contributed by atoms with E-state index in [1.807, 2.05) is 25.1 Å². The van der Waals surface area contributed by atoms with Crippen LogP contribution in [0.2, 0.25) is 5.02 Å². The van der Waals surface area contributed by atoms with E-state index in [9.17, 15) is 18.0 Å². The van der Waals surface area contributed by atoms with Crippen molar-refractivity contribution in [1.82, 2.24) is 10.3 Å². The van der Waals surface area contributed by atoms with Crippen LogP contribution in [0, 0.1) is 0 Å². The Hall–Kier alpha value is -4.35. The van der Waals surface area contributed by atoms with Gasteiger partial charge in [-0.1, -0.05) is 24.6 Å². The molecule has 0 saturated carbocycles. The van der Waals surface area contributed by atoms with Gasteiger partial charge < -0.3 is 26.4 Å². The van der Waals surface area contributed by atoms with Gasteiger partial charge in [0.15, 0.2) is 9.84 Å². The van der Waals surface area contributed by atoms with Crippen LogP contribution in [-0.2, 0) is 26.0 Å². The molecule has 5 N–H and O–H groups in total. The number of carbonyl (C=O) groups excluding carboxylic acids is 2. The van der Waals surface area contributed by atoms with Crippen LogP contribution < -0.4 is 26.4 Å². The van der Waals surface area contributed by atoms with Crippen molar-refractivity contribution in [2.75, 3.05) is 28.7 Å². The molecule has 0 aliphatic rings. The average molecular weight is 610 g/mol. The van der Waals surface area contributed by atoms with Crippen molar-refractivity contribution in [3.8, 4) is 5.75 Å². The molecule has 1 heterocycles. The van der Waals surface area contributed by atoms with Crippen LogP contribution in [0.5, 0.6) is 5.75 Å². The highest BCUT2D eigenvalue weighted by Crippen LogP contribution is 2.31. The number of pyridine rings is 1. The highest BCUT2D eigenvalue weighted by atomic mass is 35.5. The van der Waals surface area contributed by atoms with Gasteiger partial charge in [0.25, 0.3) is 0 Å². The minimum Gasteiger partial charge on any atom is -0.492 e. The monoisotopic (exact) mass is 609 g/mol. The topological polar surface area (TPSA) is 153 Å². The van der Waals surface area contributed by atoms with Crippen LogP contribution in [-0.4, -0.2) is 37.6 Å². The maximum absolute atomic E-state index is 13.8. The molecule has 220 valence electrons. The minimum absolute atomic E-state index is 0.0785. The normalized spacial score (nSPS) is 12.0. The van der Waals surface area contributed by atoms with Gasteiger partial charge in [0, 0.05) is 36.4 Å². The van der Waals surface area contributed by atoms with Crippen LogP contribution >= 0.6 is 11.6 Å². The fourth-order valence-electron chi connectivity index (χ4n) is 4.47. The number of hydrogen-bond donors (Lipinski definition) is 4. The number of hydrogen-bond acceptors (Lipinski definition) is 8. The molecule has 0 fully saturated rings. The van der Waals surface area contributed by atoms with Crippen molar-refractivity contribution >= 4 is 61.2 Å². The number of sulfone groups is 1. The summed E-state index contributed by atoms with van der Waals surface area (Å²) in [5, 5.41) is 10.8. The van der Waals surface area contributed by atoms with Gasteiger partial charge in [0.05, 0.1) is 22.3 Å². The van der Waals surface area contributed by atoms with E-state index in [4.69, 9.17) is 22.1 Å². The summed E-state index contributed by atoms with van der Waals surface area (Å²) >= 11 is 6.31. The van der Waals surface area contributed by atoms with Crippen molar-refractivity contribution in [2.45, 2.75) is 38.3 Å². The molecular weight excluding hydrogens is 578 g/mol. The molecular formula is C30H32ClN5O5S. The lowest BCUT2D eigenvalue weighted by atomic mass is 10.0. The summed E-state index contributed by atoms with van der Waals surface area (Å²) in [5.74, 6) is -0.0374. The number of amides is 2. The molecule has 0 aliphatic carbocycles. The predicted octanol–water partition coefficient (Wildman–Crippen LogP) is 5.09. The molecule has 0 bridgehead atoms. The summed E-state index contributed by atoms with van der Waals surface area (Å²) < 4.78 is 31.3. The number of anilines is 3. The van der Waals surface area contributed by atoms with Crippen LogP contribution in [0.1, 0.15) is 37.9 Å². The zero-order valence-electron chi connectivity index (χ0n) is 23.4. The van der Waals surface area contributed by atoms with Gasteiger partial charge in [0.1, 0.15) is 17.6 Å². The third-order valence-electron chi connectivity index (χ3n) is 6.51. The molecule has 0 saturated heterocycles. The lowest BCUT2D eigenvalue weighted by molar-refractivity contribution is -0.122. The zero-order valence-corrected chi connectivity index (χ0v) is 25.0. The molecule has 4 aromatic rings. The molecule has 42 heavy (non-hydrogen) atoms. The van der Waals surface area contributed by atoms with Crippen molar-refractivity contribution in [2.24, 2.45) is 0 Å². The highest BCUT2D eigenvalue weighted by molar-refractivity contribution is 7.91. The Morgan fingerprint density at radius 1 is 1.02 bits per heavy atom. The molecule has 1 aromatic heterocycles. The lowest BCUT2D eigenvalue weighted by Crippen LogP contribution is -2.33.